The number of carbonyl (C=O) groups is 2. The summed E-state index contributed by atoms with van der Waals surface area (Å²) in [7, 11) is 1.52. The molecule has 2 atom stereocenters. The van der Waals surface area contributed by atoms with Gasteiger partial charge in [0.1, 0.15) is 6.10 Å². The number of hydrogen-bond donors (Lipinski definition) is 3. The van der Waals surface area contributed by atoms with Crippen LogP contribution in [0, 0.1) is 0 Å². The van der Waals surface area contributed by atoms with E-state index in [2.05, 4.69) is 10.6 Å². The lowest BCUT2D eigenvalue weighted by Gasteiger charge is -2.12. The number of likely N-dealkylation sites (N-methyl/N-ethyl adjacent to an activating group) is 1. The van der Waals surface area contributed by atoms with E-state index in [1.807, 2.05) is 0 Å². The Kier molecular flexibility index (Phi) is 4.51. The van der Waals surface area contributed by atoms with Crippen LogP contribution in [0.3, 0.4) is 0 Å². The van der Waals surface area contributed by atoms with E-state index in [9.17, 15) is 9.59 Å². The third-order valence-corrected chi connectivity index (χ3v) is 2.36. The van der Waals surface area contributed by atoms with Gasteiger partial charge < -0.3 is 21.1 Å². The van der Waals surface area contributed by atoms with Gasteiger partial charge in [-0.2, -0.15) is 0 Å². The zero-order chi connectivity index (χ0) is 11.3. The van der Waals surface area contributed by atoms with Crippen LogP contribution in [0.25, 0.3) is 0 Å². The quantitative estimate of drug-likeness (QED) is 0.524. The average molecular weight is 215 g/mol. The molecule has 0 saturated carbocycles. The van der Waals surface area contributed by atoms with Gasteiger partial charge in [0.2, 0.25) is 11.8 Å². The van der Waals surface area contributed by atoms with E-state index in [1.54, 1.807) is 0 Å². The van der Waals surface area contributed by atoms with E-state index < -0.39 is 6.10 Å². The van der Waals surface area contributed by atoms with Gasteiger partial charge in [-0.05, 0) is 12.8 Å². The first-order chi connectivity index (χ1) is 7.17. The first-order valence-electron chi connectivity index (χ1n) is 5.01. The van der Waals surface area contributed by atoms with Crippen LogP contribution in [0.4, 0.5) is 0 Å². The van der Waals surface area contributed by atoms with Crippen molar-refractivity contribution in [2.24, 2.45) is 5.73 Å². The lowest BCUT2D eigenvalue weighted by molar-refractivity contribution is -0.133. The zero-order valence-corrected chi connectivity index (χ0v) is 8.79. The molecule has 0 spiro atoms. The van der Waals surface area contributed by atoms with Gasteiger partial charge in [0.15, 0.2) is 0 Å². The maximum absolute atomic E-state index is 11.5. The van der Waals surface area contributed by atoms with Crippen molar-refractivity contribution in [3.8, 4) is 0 Å². The molecule has 1 fully saturated rings. The van der Waals surface area contributed by atoms with Crippen LogP contribution < -0.4 is 16.4 Å². The molecule has 6 heteroatoms. The lowest BCUT2D eigenvalue weighted by Crippen LogP contribution is -2.40. The van der Waals surface area contributed by atoms with Gasteiger partial charge in [-0.3, -0.25) is 9.59 Å². The summed E-state index contributed by atoms with van der Waals surface area (Å²) in [6.07, 6.45) is 0.986. The Bertz CT molecular complexity index is 245. The van der Waals surface area contributed by atoms with Crippen molar-refractivity contribution < 1.29 is 14.3 Å². The molecule has 6 nitrogen and oxygen atoms in total. The molecule has 0 aliphatic carbocycles. The summed E-state index contributed by atoms with van der Waals surface area (Å²) in [6, 6.07) is 0. The lowest BCUT2D eigenvalue weighted by atomic mass is 10.2. The number of ether oxygens (including phenoxy) is 1. The standard InChI is InChI=1S/C9H17N3O3/c1-11-8(13)5-12-9(14)7-3-2-6(4-10)15-7/h6-7H,2-5,10H2,1H3,(H,11,13)(H,12,14). The van der Waals surface area contributed by atoms with Crippen LogP contribution in [0.1, 0.15) is 12.8 Å². The van der Waals surface area contributed by atoms with Crippen LogP contribution >= 0.6 is 0 Å². The third-order valence-electron chi connectivity index (χ3n) is 2.36. The molecule has 1 heterocycles. The van der Waals surface area contributed by atoms with E-state index >= 15 is 0 Å². The number of rotatable bonds is 4. The van der Waals surface area contributed by atoms with Crippen LogP contribution in [-0.4, -0.2) is 44.2 Å². The molecule has 1 aliphatic rings. The fourth-order valence-corrected chi connectivity index (χ4v) is 1.44. The van der Waals surface area contributed by atoms with Gasteiger partial charge in [-0.15, -0.1) is 0 Å². The highest BCUT2D eigenvalue weighted by Crippen LogP contribution is 2.18. The van der Waals surface area contributed by atoms with E-state index in [0.717, 1.165) is 6.42 Å². The van der Waals surface area contributed by atoms with Crippen molar-refractivity contribution in [1.82, 2.24) is 10.6 Å². The first kappa shape index (κ1) is 11.9. The second-order valence-corrected chi connectivity index (χ2v) is 3.45. The SMILES string of the molecule is CNC(=O)CNC(=O)C1CCC(CN)O1. The molecule has 0 aromatic heterocycles. The summed E-state index contributed by atoms with van der Waals surface area (Å²) >= 11 is 0. The highest BCUT2D eigenvalue weighted by Gasteiger charge is 2.29. The summed E-state index contributed by atoms with van der Waals surface area (Å²) in [5.41, 5.74) is 5.42. The summed E-state index contributed by atoms with van der Waals surface area (Å²) in [5, 5.41) is 4.92. The van der Waals surface area contributed by atoms with Crippen molar-refractivity contribution in [2.75, 3.05) is 20.1 Å². The predicted octanol–water partition coefficient (Wildman–Crippen LogP) is -1.65. The molecule has 4 N–H and O–H groups in total. The minimum absolute atomic E-state index is 0.0114. The summed E-state index contributed by atoms with van der Waals surface area (Å²) < 4.78 is 5.37. The van der Waals surface area contributed by atoms with Crippen molar-refractivity contribution in [3.63, 3.8) is 0 Å². The van der Waals surface area contributed by atoms with Crippen molar-refractivity contribution >= 4 is 11.8 Å². The Labute approximate surface area is 88.5 Å². The molecule has 15 heavy (non-hydrogen) atoms. The van der Waals surface area contributed by atoms with Crippen molar-refractivity contribution in [3.05, 3.63) is 0 Å². The van der Waals surface area contributed by atoms with Gasteiger partial charge in [0.05, 0.1) is 12.6 Å². The number of carbonyl (C=O) groups excluding carboxylic acids is 2. The molecule has 2 unspecified atom stereocenters. The number of hydrogen-bond acceptors (Lipinski definition) is 4. The molecule has 0 bridgehead atoms. The Morgan fingerprint density at radius 1 is 1.47 bits per heavy atom. The highest BCUT2D eigenvalue weighted by atomic mass is 16.5. The van der Waals surface area contributed by atoms with Crippen LogP contribution in [0.15, 0.2) is 0 Å². The largest absolute Gasteiger partial charge is 0.364 e. The molecular weight excluding hydrogens is 198 g/mol. The highest BCUT2D eigenvalue weighted by molar-refractivity contribution is 5.86. The van der Waals surface area contributed by atoms with Crippen LogP contribution in [0.2, 0.25) is 0 Å². The number of nitrogens with two attached hydrogens (primary N) is 1. The Balaban J connectivity index is 2.26. The number of amides is 2. The van der Waals surface area contributed by atoms with E-state index in [1.165, 1.54) is 7.05 Å². The Morgan fingerprint density at radius 3 is 2.73 bits per heavy atom. The molecule has 2 amide bonds. The predicted molar refractivity (Wildman–Crippen MR) is 54.0 cm³/mol. The second-order valence-electron chi connectivity index (χ2n) is 3.45. The van der Waals surface area contributed by atoms with Gasteiger partial charge in [0.25, 0.3) is 0 Å². The fourth-order valence-electron chi connectivity index (χ4n) is 1.44. The Hall–Kier alpha value is -1.14. The van der Waals surface area contributed by atoms with Gasteiger partial charge >= 0.3 is 0 Å². The minimum atomic E-state index is -0.455. The maximum atomic E-state index is 11.5. The Morgan fingerprint density at radius 2 is 2.20 bits per heavy atom. The maximum Gasteiger partial charge on any atom is 0.249 e. The average Bonchev–Trinajstić information content (AvgIpc) is 2.73. The molecule has 1 aliphatic heterocycles. The third kappa shape index (κ3) is 3.49. The molecular formula is C9H17N3O3. The van der Waals surface area contributed by atoms with Crippen molar-refractivity contribution in [2.45, 2.75) is 25.0 Å². The zero-order valence-electron chi connectivity index (χ0n) is 8.79. The summed E-state index contributed by atoms with van der Waals surface area (Å²) in [4.78, 5) is 22.3. The summed E-state index contributed by atoms with van der Waals surface area (Å²) in [5.74, 6) is -0.466. The second kappa shape index (κ2) is 5.67. The van der Waals surface area contributed by atoms with Gasteiger partial charge in [-0.1, -0.05) is 0 Å². The minimum Gasteiger partial charge on any atom is -0.364 e. The van der Waals surface area contributed by atoms with Crippen LogP contribution in [-0.2, 0) is 14.3 Å². The normalized spacial score (nSPS) is 24.9. The molecule has 0 aromatic carbocycles. The topological polar surface area (TPSA) is 93.5 Å². The molecule has 86 valence electrons. The van der Waals surface area contributed by atoms with E-state index in [0.29, 0.717) is 13.0 Å². The number of nitrogens with one attached hydrogen (secondary N) is 2. The van der Waals surface area contributed by atoms with Crippen molar-refractivity contribution in [1.29, 1.82) is 0 Å². The monoisotopic (exact) mass is 215 g/mol. The van der Waals surface area contributed by atoms with Crippen LogP contribution in [0.5, 0.6) is 0 Å². The van der Waals surface area contributed by atoms with E-state index in [-0.39, 0.29) is 24.5 Å². The molecule has 1 rings (SSSR count). The molecule has 1 saturated heterocycles. The molecule has 0 aromatic rings. The first-order valence-corrected chi connectivity index (χ1v) is 5.01. The molecule has 0 radical (unpaired) electrons. The van der Waals surface area contributed by atoms with Gasteiger partial charge in [-0.25, -0.2) is 0 Å². The van der Waals surface area contributed by atoms with Gasteiger partial charge in [0, 0.05) is 13.6 Å². The fraction of sp³-hybridized carbons (Fsp3) is 0.778. The summed E-state index contributed by atoms with van der Waals surface area (Å²) in [6.45, 7) is 0.418. The smallest absolute Gasteiger partial charge is 0.249 e. The van der Waals surface area contributed by atoms with E-state index in [4.69, 9.17) is 10.5 Å².